The summed E-state index contributed by atoms with van der Waals surface area (Å²) in [4.78, 5) is 2.37. The van der Waals surface area contributed by atoms with Gasteiger partial charge in [-0.05, 0) is 25.8 Å². The zero-order valence-electron chi connectivity index (χ0n) is 7.50. The average Bonchev–Trinajstić information content (AvgIpc) is 2.63. The first-order chi connectivity index (χ1) is 5.84. The predicted molar refractivity (Wildman–Crippen MR) is 48.1 cm³/mol. The van der Waals surface area contributed by atoms with Crippen LogP contribution in [0, 0.1) is 0 Å². The van der Waals surface area contributed by atoms with Crippen molar-refractivity contribution >= 4 is 0 Å². The monoisotopic (exact) mass is 170 g/mol. The first-order valence-corrected chi connectivity index (χ1v) is 4.98. The van der Waals surface area contributed by atoms with Crippen LogP contribution < -0.4 is 5.32 Å². The summed E-state index contributed by atoms with van der Waals surface area (Å²) in [6.45, 7) is 4.29. The molecule has 2 aliphatic heterocycles. The summed E-state index contributed by atoms with van der Waals surface area (Å²) in [7, 11) is 0. The Morgan fingerprint density at radius 3 is 2.92 bits per heavy atom. The number of nitrogens with one attached hydrogen (secondary N) is 1. The number of aliphatic hydroxyl groups is 1. The van der Waals surface area contributed by atoms with Gasteiger partial charge in [-0.25, -0.2) is 0 Å². The molecule has 2 heterocycles. The van der Waals surface area contributed by atoms with Crippen LogP contribution in [0.2, 0.25) is 0 Å². The number of hydrogen-bond donors (Lipinski definition) is 2. The third-order valence-electron chi connectivity index (χ3n) is 2.89. The van der Waals surface area contributed by atoms with Crippen LogP contribution in [0.3, 0.4) is 0 Å². The molecule has 2 rings (SSSR count). The molecule has 0 aromatic heterocycles. The first-order valence-electron chi connectivity index (χ1n) is 4.98. The smallest absolute Gasteiger partial charge is 0.0679 e. The van der Waals surface area contributed by atoms with E-state index in [2.05, 4.69) is 10.2 Å². The van der Waals surface area contributed by atoms with Crippen LogP contribution in [0.4, 0.5) is 0 Å². The number of likely N-dealkylation sites (tertiary alicyclic amines) is 1. The summed E-state index contributed by atoms with van der Waals surface area (Å²) in [5, 5.41) is 12.8. The second-order valence-electron chi connectivity index (χ2n) is 4.00. The maximum atomic E-state index is 9.31. The Balaban J connectivity index is 1.72. The van der Waals surface area contributed by atoms with Gasteiger partial charge in [0, 0.05) is 25.7 Å². The zero-order chi connectivity index (χ0) is 8.39. The van der Waals surface area contributed by atoms with Crippen LogP contribution in [-0.4, -0.2) is 48.3 Å². The molecule has 3 heteroatoms. The molecule has 0 radical (unpaired) electrons. The van der Waals surface area contributed by atoms with Crippen molar-refractivity contribution in [3.8, 4) is 0 Å². The van der Waals surface area contributed by atoms with E-state index >= 15 is 0 Å². The molecule has 12 heavy (non-hydrogen) atoms. The molecule has 70 valence electrons. The van der Waals surface area contributed by atoms with Gasteiger partial charge < -0.3 is 10.4 Å². The van der Waals surface area contributed by atoms with Gasteiger partial charge in [0.1, 0.15) is 0 Å². The van der Waals surface area contributed by atoms with Gasteiger partial charge in [-0.3, -0.25) is 4.90 Å². The number of aliphatic hydroxyl groups excluding tert-OH is 1. The molecule has 3 nitrogen and oxygen atoms in total. The molecule has 1 unspecified atom stereocenters. The van der Waals surface area contributed by atoms with E-state index in [-0.39, 0.29) is 6.10 Å². The summed E-state index contributed by atoms with van der Waals surface area (Å²) < 4.78 is 0. The van der Waals surface area contributed by atoms with Crippen LogP contribution in [-0.2, 0) is 0 Å². The van der Waals surface area contributed by atoms with Crippen LogP contribution in [0.15, 0.2) is 0 Å². The second-order valence-corrected chi connectivity index (χ2v) is 4.00. The van der Waals surface area contributed by atoms with Crippen molar-refractivity contribution in [1.29, 1.82) is 0 Å². The highest BCUT2D eigenvalue weighted by molar-refractivity contribution is 4.82. The van der Waals surface area contributed by atoms with Gasteiger partial charge in [0.15, 0.2) is 0 Å². The normalized spacial score (nSPS) is 37.8. The van der Waals surface area contributed by atoms with E-state index in [0.29, 0.717) is 6.04 Å². The molecule has 0 aromatic rings. The van der Waals surface area contributed by atoms with Gasteiger partial charge in [-0.1, -0.05) is 0 Å². The number of β-amino-alcohol motifs (C(OH)–C–C–N with tert-alkyl or cyclic N) is 1. The SMILES string of the molecule is OC1CCN(C[C@@H]2CCCN2)C1. The zero-order valence-corrected chi connectivity index (χ0v) is 7.50. The minimum atomic E-state index is -0.0635. The lowest BCUT2D eigenvalue weighted by molar-refractivity contribution is 0.173. The molecule has 2 fully saturated rings. The Kier molecular flexibility index (Phi) is 2.63. The van der Waals surface area contributed by atoms with Crippen molar-refractivity contribution in [3.63, 3.8) is 0 Å². The second kappa shape index (κ2) is 3.73. The van der Waals surface area contributed by atoms with E-state index < -0.39 is 0 Å². The molecule has 0 aromatic carbocycles. The van der Waals surface area contributed by atoms with Crippen molar-refractivity contribution in [2.75, 3.05) is 26.2 Å². The maximum Gasteiger partial charge on any atom is 0.0679 e. The van der Waals surface area contributed by atoms with Crippen molar-refractivity contribution < 1.29 is 5.11 Å². The van der Waals surface area contributed by atoms with Gasteiger partial charge in [0.25, 0.3) is 0 Å². The summed E-state index contributed by atoms with van der Waals surface area (Å²) in [6.07, 6.45) is 3.53. The Bertz CT molecular complexity index is 145. The lowest BCUT2D eigenvalue weighted by Crippen LogP contribution is -2.36. The van der Waals surface area contributed by atoms with Crippen molar-refractivity contribution in [2.24, 2.45) is 0 Å². The number of rotatable bonds is 2. The standard InChI is InChI=1S/C9H18N2O/c12-9-3-5-11(7-9)6-8-2-1-4-10-8/h8-10,12H,1-7H2/t8-,9?/m0/s1. The van der Waals surface area contributed by atoms with E-state index in [1.54, 1.807) is 0 Å². The van der Waals surface area contributed by atoms with Crippen LogP contribution in [0.5, 0.6) is 0 Å². The van der Waals surface area contributed by atoms with E-state index in [0.717, 1.165) is 26.1 Å². The predicted octanol–water partition coefficient (Wildman–Crippen LogP) is -0.195. The Morgan fingerprint density at radius 2 is 2.33 bits per heavy atom. The van der Waals surface area contributed by atoms with E-state index in [1.807, 2.05) is 0 Å². The maximum absolute atomic E-state index is 9.31. The molecule has 2 N–H and O–H groups in total. The minimum Gasteiger partial charge on any atom is -0.392 e. The van der Waals surface area contributed by atoms with Gasteiger partial charge in [0.2, 0.25) is 0 Å². The lowest BCUT2D eigenvalue weighted by atomic mass is 10.2. The Hall–Kier alpha value is -0.120. The fraction of sp³-hybridized carbons (Fsp3) is 1.00. The minimum absolute atomic E-state index is 0.0635. The number of hydrogen-bond acceptors (Lipinski definition) is 3. The fourth-order valence-corrected chi connectivity index (χ4v) is 2.20. The van der Waals surface area contributed by atoms with Crippen LogP contribution >= 0.6 is 0 Å². The number of nitrogens with zero attached hydrogens (tertiary/aromatic N) is 1. The first kappa shape index (κ1) is 8.48. The summed E-state index contributed by atoms with van der Waals surface area (Å²) in [5.74, 6) is 0. The highest BCUT2D eigenvalue weighted by Gasteiger charge is 2.23. The average molecular weight is 170 g/mol. The van der Waals surface area contributed by atoms with Gasteiger partial charge >= 0.3 is 0 Å². The van der Waals surface area contributed by atoms with Crippen molar-refractivity contribution in [2.45, 2.75) is 31.4 Å². The molecule has 0 saturated carbocycles. The van der Waals surface area contributed by atoms with Crippen molar-refractivity contribution in [3.05, 3.63) is 0 Å². The van der Waals surface area contributed by atoms with Crippen LogP contribution in [0.25, 0.3) is 0 Å². The summed E-state index contributed by atoms with van der Waals surface area (Å²) in [5.41, 5.74) is 0. The molecule has 0 amide bonds. The molecule has 0 bridgehead atoms. The molecule has 2 atom stereocenters. The van der Waals surface area contributed by atoms with E-state index in [1.165, 1.54) is 19.4 Å². The van der Waals surface area contributed by atoms with E-state index in [4.69, 9.17) is 0 Å². The summed E-state index contributed by atoms with van der Waals surface area (Å²) in [6, 6.07) is 0.690. The molecule has 2 saturated heterocycles. The largest absolute Gasteiger partial charge is 0.392 e. The van der Waals surface area contributed by atoms with Crippen molar-refractivity contribution in [1.82, 2.24) is 10.2 Å². The Labute approximate surface area is 73.8 Å². The molecular formula is C9H18N2O. The third kappa shape index (κ3) is 1.97. The molecule has 2 aliphatic rings. The Morgan fingerprint density at radius 1 is 1.42 bits per heavy atom. The van der Waals surface area contributed by atoms with Gasteiger partial charge in [-0.2, -0.15) is 0 Å². The third-order valence-corrected chi connectivity index (χ3v) is 2.89. The quantitative estimate of drug-likeness (QED) is 0.603. The molecule has 0 spiro atoms. The van der Waals surface area contributed by atoms with Crippen LogP contribution in [0.1, 0.15) is 19.3 Å². The van der Waals surface area contributed by atoms with Gasteiger partial charge in [0.05, 0.1) is 6.10 Å². The molecular weight excluding hydrogens is 152 g/mol. The summed E-state index contributed by atoms with van der Waals surface area (Å²) >= 11 is 0. The lowest BCUT2D eigenvalue weighted by Gasteiger charge is -2.19. The molecule has 0 aliphatic carbocycles. The highest BCUT2D eigenvalue weighted by atomic mass is 16.3. The van der Waals surface area contributed by atoms with Gasteiger partial charge in [-0.15, -0.1) is 0 Å². The van der Waals surface area contributed by atoms with E-state index in [9.17, 15) is 5.11 Å². The fourth-order valence-electron chi connectivity index (χ4n) is 2.20. The highest BCUT2D eigenvalue weighted by Crippen LogP contribution is 2.12. The topological polar surface area (TPSA) is 35.5 Å².